The normalized spacial score (nSPS) is 10.1. The van der Waals surface area contributed by atoms with Crippen LogP contribution in [0.25, 0.3) is 0 Å². The minimum Gasteiger partial charge on any atom is -0.493 e. The number of amides is 2. The third-order valence-corrected chi connectivity index (χ3v) is 3.98. The third-order valence-electron chi connectivity index (χ3n) is 3.98. The van der Waals surface area contributed by atoms with Crippen molar-refractivity contribution < 1.29 is 19.1 Å². The monoisotopic (exact) mass is 371 g/mol. The second kappa shape index (κ2) is 9.47. The number of ether oxygens (including phenoxy) is 2. The van der Waals surface area contributed by atoms with E-state index in [0.29, 0.717) is 11.5 Å². The summed E-state index contributed by atoms with van der Waals surface area (Å²) in [6.07, 6.45) is 0.102. The van der Waals surface area contributed by atoms with Crippen LogP contribution in [0.5, 0.6) is 11.5 Å². The average molecular weight is 371 g/mol. The highest BCUT2D eigenvalue weighted by atomic mass is 16.5. The Labute approximate surface area is 159 Å². The first-order chi connectivity index (χ1) is 12.9. The smallest absolute Gasteiger partial charge is 0.257 e. The average Bonchev–Trinajstić information content (AvgIpc) is 2.65. The molecule has 0 unspecified atom stereocenters. The van der Waals surface area contributed by atoms with Crippen LogP contribution in [0, 0.1) is 13.8 Å². The Bertz CT molecular complexity index is 821. The molecule has 0 aliphatic rings. The molecule has 0 bridgehead atoms. The van der Waals surface area contributed by atoms with E-state index in [0.717, 1.165) is 22.4 Å². The van der Waals surface area contributed by atoms with Gasteiger partial charge in [0.15, 0.2) is 11.5 Å². The van der Waals surface area contributed by atoms with Crippen molar-refractivity contribution in [3.05, 3.63) is 53.1 Å². The number of hydrogen-bond donors (Lipinski definition) is 3. The van der Waals surface area contributed by atoms with Gasteiger partial charge < -0.3 is 14.8 Å². The van der Waals surface area contributed by atoms with Gasteiger partial charge in [0, 0.05) is 5.69 Å². The van der Waals surface area contributed by atoms with Crippen molar-refractivity contribution in [1.29, 1.82) is 0 Å². The lowest BCUT2D eigenvalue weighted by Crippen LogP contribution is -2.44. The van der Waals surface area contributed by atoms with Crippen LogP contribution in [0.4, 0.5) is 5.69 Å². The molecule has 0 aliphatic carbocycles. The Morgan fingerprint density at radius 1 is 0.889 bits per heavy atom. The third kappa shape index (κ3) is 5.91. The number of methoxy groups -OCH3 is 2. The summed E-state index contributed by atoms with van der Waals surface area (Å²) >= 11 is 0. The van der Waals surface area contributed by atoms with E-state index in [1.807, 2.05) is 32.0 Å². The number of carbonyl (C=O) groups is 2. The Kier molecular flexibility index (Phi) is 7.05. The van der Waals surface area contributed by atoms with Gasteiger partial charge >= 0.3 is 0 Å². The van der Waals surface area contributed by atoms with E-state index >= 15 is 0 Å². The predicted octanol–water partition coefficient (Wildman–Crippen LogP) is 2.12. The molecule has 144 valence electrons. The Balaban J connectivity index is 1.80. The maximum absolute atomic E-state index is 12.0. The standard InChI is InChI=1S/C20H25N3O4/c1-13-5-7-16(14(2)9-13)21-12-20(25)23-22-19(24)11-15-6-8-17(26-3)18(10-15)27-4/h5-10,21H,11-12H2,1-4H3,(H,22,24)(H,23,25). The van der Waals surface area contributed by atoms with E-state index in [1.54, 1.807) is 25.3 Å². The van der Waals surface area contributed by atoms with Gasteiger partial charge in [-0.3, -0.25) is 20.4 Å². The molecule has 2 amide bonds. The lowest BCUT2D eigenvalue weighted by atomic mass is 10.1. The highest BCUT2D eigenvalue weighted by molar-refractivity contribution is 5.85. The first-order valence-corrected chi connectivity index (χ1v) is 8.52. The van der Waals surface area contributed by atoms with Crippen molar-refractivity contribution in [2.45, 2.75) is 20.3 Å². The molecular formula is C20H25N3O4. The molecule has 0 spiro atoms. The molecular weight excluding hydrogens is 346 g/mol. The van der Waals surface area contributed by atoms with Gasteiger partial charge in [-0.15, -0.1) is 0 Å². The Morgan fingerprint density at radius 2 is 1.59 bits per heavy atom. The van der Waals surface area contributed by atoms with Crippen molar-refractivity contribution in [3.63, 3.8) is 0 Å². The topological polar surface area (TPSA) is 88.7 Å². The van der Waals surface area contributed by atoms with Gasteiger partial charge in [0.05, 0.1) is 27.2 Å². The minimum atomic E-state index is -0.337. The van der Waals surface area contributed by atoms with Crippen LogP contribution in [0.1, 0.15) is 16.7 Å². The highest BCUT2D eigenvalue weighted by Gasteiger charge is 2.09. The molecule has 2 rings (SSSR count). The molecule has 0 saturated heterocycles. The van der Waals surface area contributed by atoms with Crippen molar-refractivity contribution in [3.8, 4) is 11.5 Å². The van der Waals surface area contributed by atoms with Crippen LogP contribution in [-0.4, -0.2) is 32.6 Å². The molecule has 0 aliphatic heterocycles. The van der Waals surface area contributed by atoms with Crippen molar-refractivity contribution in [1.82, 2.24) is 10.9 Å². The summed E-state index contributed by atoms with van der Waals surface area (Å²) in [6, 6.07) is 11.1. The molecule has 7 heteroatoms. The molecule has 0 heterocycles. The summed E-state index contributed by atoms with van der Waals surface area (Å²) in [5, 5.41) is 3.05. The lowest BCUT2D eigenvalue weighted by molar-refractivity contribution is -0.127. The Morgan fingerprint density at radius 3 is 2.26 bits per heavy atom. The number of nitrogens with one attached hydrogen (secondary N) is 3. The summed E-state index contributed by atoms with van der Waals surface area (Å²) < 4.78 is 10.4. The number of rotatable bonds is 7. The zero-order valence-corrected chi connectivity index (χ0v) is 16.0. The van der Waals surface area contributed by atoms with Gasteiger partial charge in [0.1, 0.15) is 0 Å². The van der Waals surface area contributed by atoms with Crippen molar-refractivity contribution >= 4 is 17.5 Å². The van der Waals surface area contributed by atoms with Crippen molar-refractivity contribution in [2.75, 3.05) is 26.1 Å². The molecule has 3 N–H and O–H groups in total. The van der Waals surface area contributed by atoms with Gasteiger partial charge in [-0.2, -0.15) is 0 Å². The summed E-state index contributed by atoms with van der Waals surface area (Å²) in [7, 11) is 3.08. The molecule has 0 radical (unpaired) electrons. The molecule has 2 aromatic carbocycles. The largest absolute Gasteiger partial charge is 0.493 e. The van der Waals surface area contributed by atoms with E-state index in [2.05, 4.69) is 16.2 Å². The van der Waals surface area contributed by atoms with Gasteiger partial charge in [-0.25, -0.2) is 0 Å². The number of aryl methyl sites for hydroxylation is 2. The van der Waals surface area contributed by atoms with Crippen LogP contribution >= 0.6 is 0 Å². The summed E-state index contributed by atoms with van der Waals surface area (Å²) in [5.41, 5.74) is 8.64. The van der Waals surface area contributed by atoms with Crippen LogP contribution in [-0.2, 0) is 16.0 Å². The Hall–Kier alpha value is -3.22. The van der Waals surface area contributed by atoms with Gasteiger partial charge in [-0.1, -0.05) is 23.8 Å². The number of hydrazine groups is 1. The molecule has 0 saturated carbocycles. The first kappa shape index (κ1) is 20.1. The number of carbonyl (C=O) groups excluding carboxylic acids is 2. The lowest BCUT2D eigenvalue weighted by Gasteiger charge is -2.12. The second-order valence-electron chi connectivity index (χ2n) is 6.13. The van der Waals surface area contributed by atoms with Crippen molar-refractivity contribution in [2.24, 2.45) is 0 Å². The fourth-order valence-electron chi connectivity index (χ4n) is 2.59. The summed E-state index contributed by atoms with van der Waals surface area (Å²) in [4.78, 5) is 23.9. The molecule has 27 heavy (non-hydrogen) atoms. The van der Waals surface area contributed by atoms with Crippen LogP contribution in [0.15, 0.2) is 36.4 Å². The van der Waals surface area contributed by atoms with E-state index in [4.69, 9.17) is 9.47 Å². The quantitative estimate of drug-likeness (QED) is 0.649. The minimum absolute atomic E-state index is 0.0561. The molecule has 0 aromatic heterocycles. The summed E-state index contributed by atoms with van der Waals surface area (Å²) in [6.45, 7) is 4.04. The molecule has 7 nitrogen and oxygen atoms in total. The number of anilines is 1. The SMILES string of the molecule is COc1ccc(CC(=O)NNC(=O)CNc2ccc(C)cc2C)cc1OC. The maximum Gasteiger partial charge on any atom is 0.257 e. The fraction of sp³-hybridized carbons (Fsp3) is 0.300. The molecule has 0 atom stereocenters. The zero-order valence-electron chi connectivity index (χ0n) is 16.0. The predicted molar refractivity (Wildman–Crippen MR) is 104 cm³/mol. The molecule has 2 aromatic rings. The maximum atomic E-state index is 12.0. The highest BCUT2D eigenvalue weighted by Crippen LogP contribution is 2.27. The van der Waals surface area contributed by atoms with E-state index in [9.17, 15) is 9.59 Å². The molecule has 0 fully saturated rings. The van der Waals surface area contributed by atoms with E-state index in [1.165, 1.54) is 7.11 Å². The fourth-order valence-corrected chi connectivity index (χ4v) is 2.59. The van der Waals surface area contributed by atoms with Crippen LogP contribution in [0.2, 0.25) is 0 Å². The van der Waals surface area contributed by atoms with Gasteiger partial charge in [0.25, 0.3) is 5.91 Å². The van der Waals surface area contributed by atoms with Gasteiger partial charge in [-0.05, 0) is 43.2 Å². The van der Waals surface area contributed by atoms with E-state index in [-0.39, 0.29) is 24.8 Å². The number of hydrogen-bond acceptors (Lipinski definition) is 5. The van der Waals surface area contributed by atoms with Crippen LogP contribution in [0.3, 0.4) is 0 Å². The second-order valence-corrected chi connectivity index (χ2v) is 6.13. The van der Waals surface area contributed by atoms with E-state index < -0.39 is 0 Å². The number of benzene rings is 2. The van der Waals surface area contributed by atoms with Crippen LogP contribution < -0.4 is 25.6 Å². The van der Waals surface area contributed by atoms with Gasteiger partial charge in [0.2, 0.25) is 5.91 Å². The summed E-state index contributed by atoms with van der Waals surface area (Å²) in [5.74, 6) is 0.467. The zero-order chi connectivity index (χ0) is 19.8. The first-order valence-electron chi connectivity index (χ1n) is 8.52.